The summed E-state index contributed by atoms with van der Waals surface area (Å²) >= 11 is 5.78. The molecule has 2 aliphatic rings. The third-order valence-electron chi connectivity index (χ3n) is 5.55. The first-order valence-corrected chi connectivity index (χ1v) is 10.1. The minimum absolute atomic E-state index is 0.0129. The van der Waals surface area contributed by atoms with Crippen LogP contribution in [0.1, 0.15) is 13.3 Å². The second kappa shape index (κ2) is 8.24. The van der Waals surface area contributed by atoms with Gasteiger partial charge in [-0.25, -0.2) is 9.37 Å². The summed E-state index contributed by atoms with van der Waals surface area (Å²) in [5, 5.41) is 5.65. The van der Waals surface area contributed by atoms with Gasteiger partial charge in [-0.05, 0) is 43.7 Å². The number of nitrogens with one attached hydrogen (secondary N) is 2. The molecular formula is C21H20ClFN4O4. The van der Waals surface area contributed by atoms with Crippen molar-refractivity contribution in [1.82, 2.24) is 4.98 Å². The first-order valence-electron chi connectivity index (χ1n) is 9.69. The van der Waals surface area contributed by atoms with Gasteiger partial charge in [-0.3, -0.25) is 14.4 Å². The molecule has 4 rings (SSSR count). The molecule has 10 heteroatoms. The van der Waals surface area contributed by atoms with Gasteiger partial charge in [0.15, 0.2) is 0 Å². The van der Waals surface area contributed by atoms with E-state index in [1.807, 2.05) is 0 Å². The van der Waals surface area contributed by atoms with Gasteiger partial charge >= 0.3 is 0 Å². The minimum Gasteiger partial charge on any atom is -0.370 e. The number of nitrogens with zero attached hydrogens (tertiary/aromatic N) is 2. The van der Waals surface area contributed by atoms with Gasteiger partial charge in [0.1, 0.15) is 18.2 Å². The molecule has 2 heterocycles. The molecule has 8 nitrogen and oxygen atoms in total. The first kappa shape index (κ1) is 21.2. The molecule has 2 fully saturated rings. The van der Waals surface area contributed by atoms with E-state index < -0.39 is 23.1 Å². The number of amides is 3. The zero-order chi connectivity index (χ0) is 22.2. The van der Waals surface area contributed by atoms with E-state index in [-0.39, 0.29) is 24.1 Å². The summed E-state index contributed by atoms with van der Waals surface area (Å²) in [6, 6.07) is 7.33. The Labute approximate surface area is 182 Å². The van der Waals surface area contributed by atoms with Crippen molar-refractivity contribution in [2.24, 2.45) is 11.3 Å². The molecule has 2 N–H and O–H groups in total. The monoisotopic (exact) mass is 446 g/mol. The number of halogens is 2. The molecule has 2 atom stereocenters. The maximum Gasteiger partial charge on any atom is 0.253 e. The Morgan fingerprint density at radius 3 is 2.77 bits per heavy atom. The molecule has 0 radical (unpaired) electrons. The fraction of sp³-hybridized carbons (Fsp3) is 0.333. The number of carbonyl (C=O) groups is 3. The lowest BCUT2D eigenvalue weighted by Gasteiger charge is -2.27. The number of morpholine rings is 1. The summed E-state index contributed by atoms with van der Waals surface area (Å²) in [4.78, 5) is 42.5. The van der Waals surface area contributed by atoms with Gasteiger partial charge in [0.25, 0.3) is 5.91 Å². The van der Waals surface area contributed by atoms with Crippen molar-refractivity contribution < 1.29 is 23.5 Å². The number of aromatic nitrogens is 1. The summed E-state index contributed by atoms with van der Waals surface area (Å²) in [5.74, 6) is -1.93. The largest absolute Gasteiger partial charge is 0.370 e. The van der Waals surface area contributed by atoms with E-state index in [0.717, 1.165) is 0 Å². The second-order valence-electron chi connectivity index (χ2n) is 7.74. The molecule has 1 aliphatic heterocycles. The van der Waals surface area contributed by atoms with E-state index in [2.05, 4.69) is 15.6 Å². The fourth-order valence-corrected chi connectivity index (χ4v) is 3.60. The van der Waals surface area contributed by atoms with Gasteiger partial charge < -0.3 is 20.3 Å². The van der Waals surface area contributed by atoms with Crippen molar-refractivity contribution in [3.05, 3.63) is 47.4 Å². The lowest BCUT2D eigenvalue weighted by Crippen LogP contribution is -2.41. The molecule has 0 bridgehead atoms. The number of benzene rings is 1. The van der Waals surface area contributed by atoms with Gasteiger partial charge in [0.05, 0.1) is 28.6 Å². The number of anilines is 3. The van der Waals surface area contributed by atoms with Crippen LogP contribution in [0.2, 0.25) is 5.02 Å². The Morgan fingerprint density at radius 2 is 2.10 bits per heavy atom. The van der Waals surface area contributed by atoms with Crippen molar-refractivity contribution in [3.8, 4) is 0 Å². The van der Waals surface area contributed by atoms with Crippen molar-refractivity contribution >= 4 is 46.5 Å². The topological polar surface area (TPSA) is 101 Å². The maximum atomic E-state index is 14.6. The molecule has 1 aliphatic carbocycles. The molecule has 1 aromatic carbocycles. The Bertz CT molecular complexity index is 1050. The SMILES string of the molecule is C[C@]1(C(=O)Nc2ccc(N3CCOCC3=O)cc2F)C[C@H]1C(=O)Nc1ccc(Cl)cn1. The summed E-state index contributed by atoms with van der Waals surface area (Å²) in [5.41, 5.74) is -0.572. The zero-order valence-corrected chi connectivity index (χ0v) is 17.4. The van der Waals surface area contributed by atoms with Crippen molar-refractivity contribution in [2.45, 2.75) is 13.3 Å². The standard InChI is InChI=1S/C21H20ClFN4O4/c1-21(9-14(21)19(29)26-17-5-2-12(22)10-24-17)20(30)25-16-4-3-13(8-15(16)23)27-6-7-31-11-18(27)28/h2-5,8,10,14H,6-7,9,11H2,1H3,(H,25,30)(H,24,26,29)/t14-,21-/m0/s1. The second-order valence-corrected chi connectivity index (χ2v) is 8.18. The lowest BCUT2D eigenvalue weighted by molar-refractivity contribution is -0.125. The fourth-order valence-electron chi connectivity index (χ4n) is 3.49. The Balaban J connectivity index is 1.39. The van der Waals surface area contributed by atoms with Crippen LogP contribution in [-0.2, 0) is 19.1 Å². The molecule has 31 heavy (non-hydrogen) atoms. The van der Waals surface area contributed by atoms with Gasteiger partial charge in [0.2, 0.25) is 11.8 Å². The van der Waals surface area contributed by atoms with E-state index >= 15 is 0 Å². The smallest absolute Gasteiger partial charge is 0.253 e. The van der Waals surface area contributed by atoms with Crippen molar-refractivity contribution in [1.29, 1.82) is 0 Å². The zero-order valence-electron chi connectivity index (χ0n) is 16.7. The summed E-state index contributed by atoms with van der Waals surface area (Å²) in [6.45, 7) is 2.31. The molecule has 162 valence electrons. The van der Waals surface area contributed by atoms with Crippen LogP contribution in [0.5, 0.6) is 0 Å². The summed E-state index contributed by atoms with van der Waals surface area (Å²) in [7, 11) is 0. The average molecular weight is 447 g/mol. The highest BCUT2D eigenvalue weighted by Gasteiger charge is 2.60. The number of hydrogen-bond donors (Lipinski definition) is 2. The molecule has 2 aromatic rings. The predicted molar refractivity (Wildman–Crippen MR) is 112 cm³/mol. The first-order chi connectivity index (χ1) is 14.8. The number of carbonyl (C=O) groups excluding carboxylic acids is 3. The van der Waals surface area contributed by atoms with Crippen LogP contribution in [0.25, 0.3) is 0 Å². The van der Waals surface area contributed by atoms with E-state index in [0.29, 0.717) is 36.1 Å². The highest BCUT2D eigenvalue weighted by atomic mass is 35.5. The van der Waals surface area contributed by atoms with Crippen LogP contribution in [-0.4, -0.2) is 42.5 Å². The maximum absolute atomic E-state index is 14.6. The van der Waals surface area contributed by atoms with Gasteiger partial charge in [-0.2, -0.15) is 0 Å². The molecule has 0 spiro atoms. The van der Waals surface area contributed by atoms with Crippen LogP contribution < -0.4 is 15.5 Å². The Morgan fingerprint density at radius 1 is 1.29 bits per heavy atom. The van der Waals surface area contributed by atoms with E-state index in [4.69, 9.17) is 16.3 Å². The quantitative estimate of drug-likeness (QED) is 0.735. The van der Waals surface area contributed by atoms with Gasteiger partial charge in [0, 0.05) is 18.4 Å². The number of ether oxygens (including phenoxy) is 1. The number of hydrogen-bond acceptors (Lipinski definition) is 5. The molecule has 0 unspecified atom stereocenters. The highest BCUT2D eigenvalue weighted by Crippen LogP contribution is 2.53. The molecule has 1 aromatic heterocycles. The molecule has 3 amide bonds. The van der Waals surface area contributed by atoms with Crippen LogP contribution in [0.4, 0.5) is 21.6 Å². The van der Waals surface area contributed by atoms with E-state index in [1.54, 1.807) is 25.1 Å². The van der Waals surface area contributed by atoms with Gasteiger partial charge in [-0.1, -0.05) is 11.6 Å². The lowest BCUT2D eigenvalue weighted by atomic mass is 10.0. The normalized spacial score (nSPS) is 22.7. The average Bonchev–Trinajstić information content (AvgIpc) is 3.45. The third kappa shape index (κ3) is 4.38. The number of rotatable bonds is 5. The highest BCUT2D eigenvalue weighted by molar-refractivity contribution is 6.30. The van der Waals surface area contributed by atoms with Crippen molar-refractivity contribution in [2.75, 3.05) is 35.3 Å². The third-order valence-corrected chi connectivity index (χ3v) is 5.77. The summed E-state index contributed by atoms with van der Waals surface area (Å²) < 4.78 is 19.7. The minimum atomic E-state index is -0.957. The van der Waals surface area contributed by atoms with E-state index in [9.17, 15) is 18.8 Å². The molecule has 1 saturated carbocycles. The Hall–Kier alpha value is -3.04. The Kier molecular flexibility index (Phi) is 5.63. The molecule has 1 saturated heterocycles. The number of pyridine rings is 1. The van der Waals surface area contributed by atoms with Crippen LogP contribution >= 0.6 is 11.6 Å². The van der Waals surface area contributed by atoms with Crippen LogP contribution in [0, 0.1) is 17.2 Å². The predicted octanol–water partition coefficient (Wildman–Crippen LogP) is 2.84. The molecular weight excluding hydrogens is 427 g/mol. The van der Waals surface area contributed by atoms with Crippen molar-refractivity contribution in [3.63, 3.8) is 0 Å². The van der Waals surface area contributed by atoms with E-state index in [1.165, 1.54) is 23.2 Å². The van der Waals surface area contributed by atoms with Crippen LogP contribution in [0.15, 0.2) is 36.5 Å². The summed E-state index contributed by atoms with van der Waals surface area (Å²) in [6.07, 6.45) is 1.74. The van der Waals surface area contributed by atoms with Crippen LogP contribution in [0.3, 0.4) is 0 Å². The van der Waals surface area contributed by atoms with Gasteiger partial charge in [-0.15, -0.1) is 0 Å².